The fraction of sp³-hybridized carbons (Fsp3) is 0.111. The van der Waals surface area contributed by atoms with E-state index >= 15 is 0 Å². The fourth-order valence-electron chi connectivity index (χ4n) is 8.05. The minimum atomic E-state index is 0.706. The van der Waals surface area contributed by atoms with Crippen molar-refractivity contribution in [1.29, 1.82) is 0 Å². The van der Waals surface area contributed by atoms with Crippen LogP contribution >= 0.6 is 11.3 Å². The predicted molar refractivity (Wildman–Crippen MR) is 255 cm³/mol. The van der Waals surface area contributed by atoms with Gasteiger partial charge in [0.15, 0.2) is 5.82 Å². The second kappa shape index (κ2) is 16.9. The van der Waals surface area contributed by atoms with Crippen LogP contribution in [0.25, 0.3) is 103 Å². The molecular formula is C54H47N3S. The largest absolute Gasteiger partial charge is 0.309 e. The van der Waals surface area contributed by atoms with Crippen molar-refractivity contribution >= 4 is 74.9 Å². The smallest absolute Gasteiger partial charge is 0.160 e. The molecule has 0 aliphatic heterocycles. The van der Waals surface area contributed by atoms with E-state index in [1.165, 1.54) is 63.5 Å². The van der Waals surface area contributed by atoms with E-state index < -0.39 is 0 Å². The predicted octanol–water partition coefficient (Wildman–Crippen LogP) is 16.3. The Morgan fingerprint density at radius 1 is 0.397 bits per heavy atom. The molecule has 284 valence electrons. The summed E-state index contributed by atoms with van der Waals surface area (Å²) in [6, 6.07) is 62.8. The Kier molecular flexibility index (Phi) is 11.1. The monoisotopic (exact) mass is 769 g/mol. The van der Waals surface area contributed by atoms with Gasteiger partial charge in [-0.05, 0) is 58.6 Å². The summed E-state index contributed by atoms with van der Waals surface area (Å²) in [6.45, 7) is 12.0. The minimum Gasteiger partial charge on any atom is -0.309 e. The molecule has 0 bridgehead atoms. The Morgan fingerprint density at radius 2 is 0.897 bits per heavy atom. The quantitative estimate of drug-likeness (QED) is 0.167. The van der Waals surface area contributed by atoms with E-state index in [9.17, 15) is 0 Å². The van der Waals surface area contributed by atoms with Gasteiger partial charge >= 0.3 is 0 Å². The average molecular weight is 770 g/mol. The molecule has 0 N–H and O–H groups in total. The van der Waals surface area contributed by atoms with E-state index in [1.807, 2.05) is 65.0 Å². The van der Waals surface area contributed by atoms with E-state index in [4.69, 9.17) is 9.97 Å². The Balaban J connectivity index is 0.000000750. The van der Waals surface area contributed by atoms with Crippen molar-refractivity contribution in [2.24, 2.45) is 0 Å². The molecule has 8 aromatic carbocycles. The molecule has 0 unspecified atom stereocenters. The third-order valence-corrected chi connectivity index (χ3v) is 11.6. The van der Waals surface area contributed by atoms with E-state index in [1.54, 1.807) is 0 Å². The van der Waals surface area contributed by atoms with Gasteiger partial charge in [0.2, 0.25) is 0 Å². The molecule has 58 heavy (non-hydrogen) atoms. The van der Waals surface area contributed by atoms with Gasteiger partial charge in [-0.15, -0.1) is 11.3 Å². The Labute approximate surface area is 344 Å². The van der Waals surface area contributed by atoms with Crippen molar-refractivity contribution in [1.82, 2.24) is 14.5 Å². The van der Waals surface area contributed by atoms with Gasteiger partial charge in [-0.2, -0.15) is 0 Å². The molecule has 0 saturated carbocycles. The van der Waals surface area contributed by atoms with Crippen molar-refractivity contribution in [3.8, 4) is 39.6 Å². The Hall–Kier alpha value is -6.62. The first-order valence-electron chi connectivity index (χ1n) is 20.6. The van der Waals surface area contributed by atoms with Gasteiger partial charge in [-0.3, -0.25) is 0 Å². The molecule has 3 heterocycles. The van der Waals surface area contributed by atoms with Crippen LogP contribution in [0.15, 0.2) is 176 Å². The molecule has 11 aromatic rings. The van der Waals surface area contributed by atoms with Gasteiger partial charge < -0.3 is 4.57 Å². The molecule has 0 fully saturated rings. The van der Waals surface area contributed by atoms with Gasteiger partial charge in [0.05, 0.1) is 22.4 Å². The highest BCUT2D eigenvalue weighted by molar-refractivity contribution is 7.26. The van der Waals surface area contributed by atoms with E-state index in [0.717, 1.165) is 33.8 Å². The number of fused-ring (bicyclic) bond motifs is 12. The third kappa shape index (κ3) is 6.50. The number of hydrogen-bond donors (Lipinski definition) is 0. The normalized spacial score (nSPS) is 10.9. The maximum Gasteiger partial charge on any atom is 0.160 e. The zero-order chi connectivity index (χ0) is 40.2. The number of benzene rings is 8. The van der Waals surface area contributed by atoms with Gasteiger partial charge in [-0.1, -0.05) is 175 Å². The maximum atomic E-state index is 5.11. The molecule has 0 radical (unpaired) electrons. The summed E-state index contributed by atoms with van der Waals surface area (Å²) in [5.41, 5.74) is 8.46. The first kappa shape index (κ1) is 38.3. The lowest BCUT2D eigenvalue weighted by Crippen LogP contribution is -1.97. The molecule has 3 aromatic heterocycles. The van der Waals surface area contributed by atoms with Crippen LogP contribution in [-0.2, 0) is 0 Å². The Morgan fingerprint density at radius 3 is 1.50 bits per heavy atom. The highest BCUT2D eigenvalue weighted by Gasteiger charge is 2.22. The van der Waals surface area contributed by atoms with Crippen molar-refractivity contribution in [2.45, 2.75) is 41.5 Å². The zero-order valence-corrected chi connectivity index (χ0v) is 34.8. The highest BCUT2D eigenvalue weighted by atomic mass is 32.1. The highest BCUT2D eigenvalue weighted by Crippen LogP contribution is 2.47. The van der Waals surface area contributed by atoms with Gasteiger partial charge in [0, 0.05) is 58.7 Å². The first-order valence-corrected chi connectivity index (χ1v) is 21.4. The molecule has 0 aliphatic rings. The topological polar surface area (TPSA) is 30.7 Å². The van der Waals surface area contributed by atoms with Crippen LogP contribution in [0.2, 0.25) is 0 Å². The molecule has 0 saturated heterocycles. The van der Waals surface area contributed by atoms with Crippen LogP contribution in [0.4, 0.5) is 0 Å². The molecule has 0 aliphatic carbocycles. The number of hydrogen-bond acceptors (Lipinski definition) is 3. The lowest BCUT2D eigenvalue weighted by molar-refractivity contribution is 1.17. The molecule has 0 spiro atoms. The zero-order valence-electron chi connectivity index (χ0n) is 34.0. The number of rotatable bonds is 4. The van der Waals surface area contributed by atoms with E-state index in [0.29, 0.717) is 5.82 Å². The lowest BCUT2D eigenvalue weighted by atomic mass is 9.96. The standard InChI is InChI=1S/C48H29N3S.3C2H6/c1-3-13-30(14-4-1)40-29-41(31-15-5-2-6-16-31)50-48(49-40)32-23-25-33(26-24-32)51-42-28-27-39-36-19-11-12-22-43(36)52-47(39)45(42)44-37-20-9-7-17-34(37)35-18-8-10-21-38(35)46(44)51;3*1-2/h1-29H;3*1-2H3. The summed E-state index contributed by atoms with van der Waals surface area (Å²) in [6.07, 6.45) is 0. The molecule has 11 rings (SSSR count). The lowest BCUT2D eigenvalue weighted by Gasteiger charge is -2.13. The van der Waals surface area contributed by atoms with Gasteiger partial charge in [0.1, 0.15) is 0 Å². The van der Waals surface area contributed by atoms with Crippen LogP contribution < -0.4 is 0 Å². The number of nitrogens with zero attached hydrogens (tertiary/aromatic N) is 3. The van der Waals surface area contributed by atoms with Crippen LogP contribution in [-0.4, -0.2) is 14.5 Å². The summed E-state index contributed by atoms with van der Waals surface area (Å²) >= 11 is 1.90. The summed E-state index contributed by atoms with van der Waals surface area (Å²) in [5, 5.41) is 10.3. The number of thiophene rings is 1. The van der Waals surface area contributed by atoms with Crippen LogP contribution in [0.3, 0.4) is 0 Å². The minimum absolute atomic E-state index is 0.706. The van der Waals surface area contributed by atoms with E-state index in [2.05, 4.69) is 168 Å². The second-order valence-corrected chi connectivity index (χ2v) is 14.4. The molecular weight excluding hydrogens is 723 g/mol. The first-order chi connectivity index (χ1) is 28.8. The summed E-state index contributed by atoms with van der Waals surface area (Å²) < 4.78 is 5.12. The van der Waals surface area contributed by atoms with Crippen LogP contribution in [0.5, 0.6) is 0 Å². The van der Waals surface area contributed by atoms with Crippen molar-refractivity contribution < 1.29 is 0 Å². The van der Waals surface area contributed by atoms with E-state index in [-0.39, 0.29) is 0 Å². The number of aromatic nitrogens is 3. The summed E-state index contributed by atoms with van der Waals surface area (Å²) in [7, 11) is 0. The maximum absolute atomic E-state index is 5.11. The summed E-state index contributed by atoms with van der Waals surface area (Å²) in [5.74, 6) is 0.706. The van der Waals surface area contributed by atoms with Crippen molar-refractivity contribution in [3.63, 3.8) is 0 Å². The molecule has 0 amide bonds. The average Bonchev–Trinajstić information content (AvgIpc) is 3.88. The molecule has 3 nitrogen and oxygen atoms in total. The Bertz CT molecular complexity index is 3100. The van der Waals surface area contributed by atoms with Crippen molar-refractivity contribution in [2.75, 3.05) is 0 Å². The SMILES string of the molecule is CC.CC.CC.c1ccc(-c2cc(-c3ccccc3)nc(-c3ccc(-n4c5ccc6c7ccccc7sc6c5c5c6ccccc6c6ccccc6c54)cc3)n2)cc1. The fourth-order valence-corrected chi connectivity index (χ4v) is 9.30. The van der Waals surface area contributed by atoms with Crippen LogP contribution in [0, 0.1) is 0 Å². The third-order valence-electron chi connectivity index (χ3n) is 10.4. The van der Waals surface area contributed by atoms with Crippen LogP contribution in [0.1, 0.15) is 41.5 Å². The van der Waals surface area contributed by atoms with Gasteiger partial charge in [-0.25, -0.2) is 9.97 Å². The second-order valence-electron chi connectivity index (χ2n) is 13.3. The van der Waals surface area contributed by atoms with Crippen molar-refractivity contribution in [3.05, 3.63) is 176 Å². The molecule has 0 atom stereocenters. The summed E-state index contributed by atoms with van der Waals surface area (Å²) in [4.78, 5) is 10.2. The van der Waals surface area contributed by atoms with Gasteiger partial charge in [0.25, 0.3) is 0 Å². The molecule has 4 heteroatoms.